The average molecular weight is 487 g/mol. The maximum atomic E-state index is 6.86. The molecule has 0 N–H and O–H groups in total. The Morgan fingerprint density at radius 1 is 0.378 bits per heavy atom. The van der Waals surface area contributed by atoms with Crippen molar-refractivity contribution in [2.24, 2.45) is 0 Å². The van der Waals surface area contributed by atoms with Gasteiger partial charge in [0, 0.05) is 10.8 Å². The minimum Gasteiger partial charge on any atom is -0.375 e. The van der Waals surface area contributed by atoms with Crippen molar-refractivity contribution in [3.63, 3.8) is 0 Å². The third kappa shape index (κ3) is 4.78. The highest BCUT2D eigenvalue weighted by Gasteiger charge is 2.42. The van der Waals surface area contributed by atoms with E-state index in [1.807, 2.05) is 0 Å². The molecule has 0 spiro atoms. The molecule has 0 unspecified atom stereocenters. The van der Waals surface area contributed by atoms with Crippen LogP contribution in [-0.2, 0) is 15.6 Å². The predicted octanol–water partition coefficient (Wildman–Crippen LogP) is 8.86. The Balaban J connectivity index is 1.15. The SMILES string of the molecule is c1ccc(C2(c3ccccc3)CCC(OC3CCC(c4ccccc4)(c4ccccc4)CC3)CC2)cc1. The lowest BCUT2D eigenvalue weighted by molar-refractivity contribution is -0.0576. The van der Waals surface area contributed by atoms with Crippen LogP contribution in [0.3, 0.4) is 0 Å². The molecular formula is C36H38O. The zero-order chi connectivity index (χ0) is 25.0. The Hall–Kier alpha value is -3.16. The molecule has 2 fully saturated rings. The van der Waals surface area contributed by atoms with E-state index in [9.17, 15) is 0 Å². The van der Waals surface area contributed by atoms with Gasteiger partial charge in [0.1, 0.15) is 0 Å². The van der Waals surface area contributed by atoms with E-state index in [2.05, 4.69) is 121 Å². The molecule has 2 saturated carbocycles. The van der Waals surface area contributed by atoms with Crippen molar-refractivity contribution in [3.05, 3.63) is 144 Å². The number of ether oxygens (including phenoxy) is 1. The molecule has 0 heterocycles. The Kier molecular flexibility index (Phi) is 6.98. The first-order valence-electron chi connectivity index (χ1n) is 14.2. The number of hydrogen-bond acceptors (Lipinski definition) is 1. The van der Waals surface area contributed by atoms with Gasteiger partial charge in [0.15, 0.2) is 0 Å². The van der Waals surface area contributed by atoms with Crippen LogP contribution in [0, 0.1) is 0 Å². The summed E-state index contributed by atoms with van der Waals surface area (Å²) in [4.78, 5) is 0. The summed E-state index contributed by atoms with van der Waals surface area (Å²) in [6, 6.07) is 44.6. The molecule has 0 aliphatic heterocycles. The molecular weight excluding hydrogens is 448 g/mol. The van der Waals surface area contributed by atoms with Crippen molar-refractivity contribution < 1.29 is 4.74 Å². The van der Waals surface area contributed by atoms with E-state index in [-0.39, 0.29) is 10.8 Å². The highest BCUT2D eigenvalue weighted by atomic mass is 16.5. The molecule has 0 aromatic heterocycles. The summed E-state index contributed by atoms with van der Waals surface area (Å²) < 4.78 is 6.86. The first kappa shape index (κ1) is 24.2. The van der Waals surface area contributed by atoms with Gasteiger partial charge in [-0.25, -0.2) is 0 Å². The van der Waals surface area contributed by atoms with E-state index >= 15 is 0 Å². The second kappa shape index (κ2) is 10.7. The summed E-state index contributed by atoms with van der Waals surface area (Å²) in [5.41, 5.74) is 6.01. The van der Waals surface area contributed by atoms with Gasteiger partial charge in [-0.15, -0.1) is 0 Å². The Bertz CT molecular complexity index is 1050. The molecule has 0 amide bonds. The standard InChI is InChI=1S/C36H38O/c1-5-13-29(14-6-1)35(30-15-7-2-8-16-30)25-21-33(22-26-35)37-34-23-27-36(28-24-34,31-17-9-3-10-18-31)32-19-11-4-12-20-32/h1-20,33-34H,21-28H2. The second-order valence-corrected chi connectivity index (χ2v) is 11.2. The van der Waals surface area contributed by atoms with Crippen LogP contribution in [0.25, 0.3) is 0 Å². The van der Waals surface area contributed by atoms with Crippen molar-refractivity contribution in [1.29, 1.82) is 0 Å². The molecule has 1 heteroatoms. The van der Waals surface area contributed by atoms with Gasteiger partial charge in [-0.2, -0.15) is 0 Å². The topological polar surface area (TPSA) is 9.23 Å². The molecule has 0 radical (unpaired) electrons. The van der Waals surface area contributed by atoms with Crippen LogP contribution in [0.15, 0.2) is 121 Å². The summed E-state index contributed by atoms with van der Waals surface area (Å²) in [6.07, 6.45) is 9.84. The molecule has 4 aromatic carbocycles. The zero-order valence-electron chi connectivity index (χ0n) is 21.8. The average Bonchev–Trinajstić information content (AvgIpc) is 3.00. The first-order chi connectivity index (χ1) is 18.3. The lowest BCUT2D eigenvalue weighted by Gasteiger charge is -2.44. The lowest BCUT2D eigenvalue weighted by atomic mass is 9.64. The van der Waals surface area contributed by atoms with Gasteiger partial charge >= 0.3 is 0 Å². The van der Waals surface area contributed by atoms with E-state index in [0.29, 0.717) is 12.2 Å². The van der Waals surface area contributed by atoms with E-state index < -0.39 is 0 Å². The van der Waals surface area contributed by atoms with Gasteiger partial charge in [0.25, 0.3) is 0 Å². The van der Waals surface area contributed by atoms with Gasteiger partial charge < -0.3 is 4.74 Å². The van der Waals surface area contributed by atoms with Crippen molar-refractivity contribution in [2.45, 2.75) is 74.4 Å². The summed E-state index contributed by atoms with van der Waals surface area (Å²) in [7, 11) is 0. The molecule has 1 nitrogen and oxygen atoms in total. The quantitative estimate of drug-likeness (QED) is 0.264. The van der Waals surface area contributed by atoms with E-state index in [1.54, 1.807) is 0 Å². The van der Waals surface area contributed by atoms with Gasteiger partial charge in [0.05, 0.1) is 12.2 Å². The highest BCUT2D eigenvalue weighted by molar-refractivity contribution is 5.41. The largest absolute Gasteiger partial charge is 0.375 e. The molecule has 188 valence electrons. The summed E-state index contributed by atoms with van der Waals surface area (Å²) in [6.45, 7) is 0. The third-order valence-corrected chi connectivity index (χ3v) is 9.26. The van der Waals surface area contributed by atoms with E-state index in [1.165, 1.54) is 22.3 Å². The molecule has 6 rings (SSSR count). The van der Waals surface area contributed by atoms with Crippen molar-refractivity contribution >= 4 is 0 Å². The number of rotatable bonds is 6. The molecule has 0 atom stereocenters. The van der Waals surface area contributed by atoms with Crippen molar-refractivity contribution in [3.8, 4) is 0 Å². The van der Waals surface area contributed by atoms with Gasteiger partial charge in [0.2, 0.25) is 0 Å². The summed E-state index contributed by atoms with van der Waals surface area (Å²) in [5, 5.41) is 0. The van der Waals surface area contributed by atoms with E-state index in [0.717, 1.165) is 51.4 Å². The van der Waals surface area contributed by atoms with Crippen molar-refractivity contribution in [1.82, 2.24) is 0 Å². The van der Waals surface area contributed by atoms with Crippen LogP contribution in [0.4, 0.5) is 0 Å². The first-order valence-corrected chi connectivity index (χ1v) is 14.2. The minimum atomic E-state index is 0.102. The molecule has 0 bridgehead atoms. The maximum Gasteiger partial charge on any atom is 0.0579 e. The predicted molar refractivity (Wildman–Crippen MR) is 153 cm³/mol. The Labute approximate surface area is 222 Å². The molecule has 4 aromatic rings. The van der Waals surface area contributed by atoms with Crippen molar-refractivity contribution in [2.75, 3.05) is 0 Å². The van der Waals surface area contributed by atoms with Crippen LogP contribution >= 0.6 is 0 Å². The minimum absolute atomic E-state index is 0.102. The fraction of sp³-hybridized carbons (Fsp3) is 0.333. The summed E-state index contributed by atoms with van der Waals surface area (Å²) >= 11 is 0. The third-order valence-electron chi connectivity index (χ3n) is 9.26. The Morgan fingerprint density at radius 2 is 0.622 bits per heavy atom. The highest BCUT2D eigenvalue weighted by Crippen LogP contribution is 2.48. The molecule has 0 saturated heterocycles. The molecule has 2 aliphatic carbocycles. The fourth-order valence-corrected chi connectivity index (χ4v) is 7.23. The maximum absolute atomic E-state index is 6.86. The second-order valence-electron chi connectivity index (χ2n) is 11.2. The lowest BCUT2D eigenvalue weighted by Crippen LogP contribution is -2.40. The smallest absolute Gasteiger partial charge is 0.0579 e. The Morgan fingerprint density at radius 3 is 0.865 bits per heavy atom. The molecule has 37 heavy (non-hydrogen) atoms. The van der Waals surface area contributed by atoms with Crippen LogP contribution in [0.5, 0.6) is 0 Å². The summed E-state index contributed by atoms with van der Waals surface area (Å²) in [5.74, 6) is 0. The van der Waals surface area contributed by atoms with Gasteiger partial charge in [-0.1, -0.05) is 121 Å². The number of hydrogen-bond donors (Lipinski definition) is 0. The monoisotopic (exact) mass is 486 g/mol. The van der Waals surface area contributed by atoms with Crippen LogP contribution in [0.2, 0.25) is 0 Å². The fourth-order valence-electron chi connectivity index (χ4n) is 7.23. The van der Waals surface area contributed by atoms with Gasteiger partial charge in [-0.3, -0.25) is 0 Å². The molecule has 2 aliphatic rings. The van der Waals surface area contributed by atoms with Crippen LogP contribution in [-0.4, -0.2) is 12.2 Å². The van der Waals surface area contributed by atoms with Gasteiger partial charge in [-0.05, 0) is 73.6 Å². The van der Waals surface area contributed by atoms with Crippen LogP contribution in [0.1, 0.15) is 73.6 Å². The zero-order valence-corrected chi connectivity index (χ0v) is 21.8. The normalized spacial score (nSPS) is 19.9. The van der Waals surface area contributed by atoms with Crippen LogP contribution < -0.4 is 0 Å². The number of benzene rings is 4. The van der Waals surface area contributed by atoms with E-state index in [4.69, 9.17) is 4.74 Å².